The molecule has 0 saturated heterocycles. The number of rotatable bonds is 7. The summed E-state index contributed by atoms with van der Waals surface area (Å²) < 4.78 is 5.78. The summed E-state index contributed by atoms with van der Waals surface area (Å²) >= 11 is 4.92. The summed E-state index contributed by atoms with van der Waals surface area (Å²) in [6, 6.07) is 6.39. The number of nitrogens with two attached hydrogens (primary N) is 1. The van der Waals surface area contributed by atoms with Gasteiger partial charge in [-0.2, -0.15) is 0 Å². The lowest BCUT2D eigenvalue weighted by molar-refractivity contribution is 0.313. The van der Waals surface area contributed by atoms with Gasteiger partial charge in [-0.3, -0.25) is 0 Å². The standard InChI is InChI=1S/C15H23NOS/c1-4-9-17-14-7-5-12(6-8-15(16)18)10-13(14)11(2)3/h5,7,10-11H,4,6,8-9H2,1-3H3,(H2,16,18). The number of hydrogen-bond donors (Lipinski definition) is 1. The fourth-order valence-electron chi connectivity index (χ4n) is 1.82. The van der Waals surface area contributed by atoms with Gasteiger partial charge in [-0.25, -0.2) is 0 Å². The van der Waals surface area contributed by atoms with Crippen LogP contribution >= 0.6 is 12.2 Å². The molecule has 1 aromatic carbocycles. The van der Waals surface area contributed by atoms with Gasteiger partial charge in [-0.15, -0.1) is 0 Å². The highest BCUT2D eigenvalue weighted by Crippen LogP contribution is 2.28. The van der Waals surface area contributed by atoms with Gasteiger partial charge in [0.05, 0.1) is 11.6 Å². The topological polar surface area (TPSA) is 35.2 Å². The fourth-order valence-corrected chi connectivity index (χ4v) is 1.92. The van der Waals surface area contributed by atoms with Crippen molar-refractivity contribution in [1.82, 2.24) is 0 Å². The second-order valence-corrected chi connectivity index (χ2v) is 5.37. The van der Waals surface area contributed by atoms with E-state index in [1.165, 1.54) is 11.1 Å². The van der Waals surface area contributed by atoms with Crippen molar-refractivity contribution in [2.45, 2.75) is 46.0 Å². The highest BCUT2D eigenvalue weighted by molar-refractivity contribution is 7.80. The Labute approximate surface area is 116 Å². The van der Waals surface area contributed by atoms with Gasteiger partial charge in [0.1, 0.15) is 5.75 Å². The molecule has 100 valence electrons. The third-order valence-electron chi connectivity index (χ3n) is 2.82. The molecule has 0 amide bonds. The van der Waals surface area contributed by atoms with E-state index in [4.69, 9.17) is 22.7 Å². The molecule has 0 aromatic heterocycles. The molecule has 18 heavy (non-hydrogen) atoms. The van der Waals surface area contributed by atoms with Crippen molar-refractivity contribution in [2.75, 3.05) is 6.61 Å². The van der Waals surface area contributed by atoms with Crippen molar-refractivity contribution in [3.63, 3.8) is 0 Å². The fraction of sp³-hybridized carbons (Fsp3) is 0.533. The van der Waals surface area contributed by atoms with Crippen molar-refractivity contribution in [3.05, 3.63) is 29.3 Å². The Morgan fingerprint density at radius 3 is 2.67 bits per heavy atom. The van der Waals surface area contributed by atoms with Gasteiger partial charge in [0.25, 0.3) is 0 Å². The van der Waals surface area contributed by atoms with Crippen LogP contribution in [-0.4, -0.2) is 11.6 Å². The molecule has 0 atom stereocenters. The summed E-state index contributed by atoms with van der Waals surface area (Å²) in [5.41, 5.74) is 8.08. The van der Waals surface area contributed by atoms with Crippen LogP contribution in [0.5, 0.6) is 5.75 Å². The molecule has 0 aliphatic rings. The van der Waals surface area contributed by atoms with Crippen molar-refractivity contribution in [3.8, 4) is 5.75 Å². The van der Waals surface area contributed by atoms with Crippen molar-refractivity contribution < 1.29 is 4.74 Å². The minimum Gasteiger partial charge on any atom is -0.493 e. The smallest absolute Gasteiger partial charge is 0.122 e. The number of benzene rings is 1. The van der Waals surface area contributed by atoms with Crippen molar-refractivity contribution in [2.24, 2.45) is 5.73 Å². The van der Waals surface area contributed by atoms with E-state index in [1.54, 1.807) is 0 Å². The van der Waals surface area contributed by atoms with Crippen LogP contribution in [0, 0.1) is 0 Å². The molecule has 1 rings (SSSR count). The lowest BCUT2D eigenvalue weighted by Crippen LogP contribution is -2.09. The Kier molecular flexibility index (Phi) is 6.13. The largest absolute Gasteiger partial charge is 0.493 e. The normalized spacial score (nSPS) is 10.7. The van der Waals surface area contributed by atoms with Crippen molar-refractivity contribution >= 4 is 17.2 Å². The van der Waals surface area contributed by atoms with Crippen LogP contribution in [-0.2, 0) is 6.42 Å². The maximum absolute atomic E-state index is 5.78. The van der Waals surface area contributed by atoms with E-state index in [-0.39, 0.29) is 0 Å². The molecule has 2 N–H and O–H groups in total. The van der Waals surface area contributed by atoms with Gasteiger partial charge in [-0.05, 0) is 36.0 Å². The highest BCUT2D eigenvalue weighted by Gasteiger charge is 2.09. The molecule has 0 fully saturated rings. The molecule has 0 spiro atoms. The predicted molar refractivity (Wildman–Crippen MR) is 81.4 cm³/mol. The number of aryl methyl sites for hydroxylation is 1. The maximum Gasteiger partial charge on any atom is 0.122 e. The van der Waals surface area contributed by atoms with Crippen LogP contribution in [0.25, 0.3) is 0 Å². The zero-order chi connectivity index (χ0) is 13.5. The average Bonchev–Trinajstić information content (AvgIpc) is 2.34. The minimum atomic E-state index is 0.460. The summed E-state index contributed by atoms with van der Waals surface area (Å²) in [4.78, 5) is 0.576. The van der Waals surface area contributed by atoms with E-state index in [9.17, 15) is 0 Å². The van der Waals surface area contributed by atoms with Gasteiger partial charge in [0.15, 0.2) is 0 Å². The lowest BCUT2D eigenvalue weighted by atomic mass is 9.98. The Morgan fingerprint density at radius 1 is 1.39 bits per heavy atom. The van der Waals surface area contributed by atoms with E-state index in [2.05, 4.69) is 39.0 Å². The first-order chi connectivity index (χ1) is 8.54. The third kappa shape index (κ3) is 4.65. The first-order valence-corrected chi connectivity index (χ1v) is 6.99. The lowest BCUT2D eigenvalue weighted by Gasteiger charge is -2.15. The summed E-state index contributed by atoms with van der Waals surface area (Å²) in [7, 11) is 0. The molecule has 2 nitrogen and oxygen atoms in total. The van der Waals surface area contributed by atoms with Crippen LogP contribution in [0.3, 0.4) is 0 Å². The summed E-state index contributed by atoms with van der Waals surface area (Å²) in [6.45, 7) is 7.26. The van der Waals surface area contributed by atoms with Gasteiger partial charge < -0.3 is 10.5 Å². The van der Waals surface area contributed by atoms with E-state index >= 15 is 0 Å². The molecule has 0 radical (unpaired) electrons. The molecule has 0 aliphatic heterocycles. The molecule has 0 heterocycles. The van der Waals surface area contributed by atoms with Crippen LogP contribution in [0.2, 0.25) is 0 Å². The average molecular weight is 265 g/mol. The Balaban J connectivity index is 2.85. The van der Waals surface area contributed by atoms with Crippen LogP contribution in [0.15, 0.2) is 18.2 Å². The second kappa shape index (κ2) is 7.37. The van der Waals surface area contributed by atoms with E-state index in [1.807, 2.05) is 0 Å². The second-order valence-electron chi connectivity index (χ2n) is 4.84. The van der Waals surface area contributed by atoms with Gasteiger partial charge in [0.2, 0.25) is 0 Å². The first kappa shape index (κ1) is 15.0. The van der Waals surface area contributed by atoms with Gasteiger partial charge >= 0.3 is 0 Å². The number of ether oxygens (including phenoxy) is 1. The Morgan fingerprint density at radius 2 is 2.11 bits per heavy atom. The van der Waals surface area contributed by atoms with Crippen LogP contribution in [0.1, 0.15) is 50.7 Å². The highest BCUT2D eigenvalue weighted by atomic mass is 32.1. The molecule has 1 aromatic rings. The van der Waals surface area contributed by atoms with E-state index in [0.717, 1.165) is 31.6 Å². The monoisotopic (exact) mass is 265 g/mol. The molecule has 0 unspecified atom stereocenters. The molecule has 0 bridgehead atoms. The van der Waals surface area contributed by atoms with Gasteiger partial charge in [0, 0.05) is 6.42 Å². The van der Waals surface area contributed by atoms with Crippen LogP contribution in [0.4, 0.5) is 0 Å². The quantitative estimate of drug-likeness (QED) is 0.761. The van der Waals surface area contributed by atoms with E-state index in [0.29, 0.717) is 10.9 Å². The number of hydrogen-bond acceptors (Lipinski definition) is 2. The summed E-state index contributed by atoms with van der Waals surface area (Å²) in [5.74, 6) is 1.47. The molecular weight excluding hydrogens is 242 g/mol. The first-order valence-electron chi connectivity index (χ1n) is 6.58. The van der Waals surface area contributed by atoms with Gasteiger partial charge in [-0.1, -0.05) is 45.1 Å². The molecule has 0 saturated carbocycles. The predicted octanol–water partition coefficient (Wildman–Crippen LogP) is 3.82. The van der Waals surface area contributed by atoms with Crippen LogP contribution < -0.4 is 10.5 Å². The summed E-state index contributed by atoms with van der Waals surface area (Å²) in [5, 5.41) is 0. The maximum atomic E-state index is 5.78. The summed E-state index contributed by atoms with van der Waals surface area (Å²) in [6.07, 6.45) is 2.70. The Bertz CT molecular complexity index is 401. The zero-order valence-electron chi connectivity index (χ0n) is 11.5. The minimum absolute atomic E-state index is 0.460. The SMILES string of the molecule is CCCOc1ccc(CCC(N)=S)cc1C(C)C. The Hall–Kier alpha value is -1.09. The zero-order valence-corrected chi connectivity index (χ0v) is 12.3. The van der Waals surface area contributed by atoms with E-state index < -0.39 is 0 Å². The molecular formula is C15H23NOS. The molecule has 0 aliphatic carbocycles. The third-order valence-corrected chi connectivity index (χ3v) is 3.02. The molecule has 3 heteroatoms. The van der Waals surface area contributed by atoms with Crippen molar-refractivity contribution in [1.29, 1.82) is 0 Å². The number of thiocarbonyl (C=S) groups is 1.